The van der Waals surface area contributed by atoms with Crippen molar-refractivity contribution in [2.75, 3.05) is 18.6 Å². The van der Waals surface area contributed by atoms with Crippen molar-refractivity contribution in [3.05, 3.63) is 0 Å². The molecule has 0 spiro atoms. The summed E-state index contributed by atoms with van der Waals surface area (Å²) in [6.07, 6.45) is 1.61. The lowest BCUT2D eigenvalue weighted by Crippen LogP contribution is -2.53. The average Bonchev–Trinajstić information content (AvgIpc) is 2.41. The molecule has 0 saturated heterocycles. The molecule has 7 N–H and O–H groups in total. The predicted molar refractivity (Wildman–Crippen MR) is 77.4 cm³/mol. The van der Waals surface area contributed by atoms with Crippen LogP contribution >= 0.6 is 11.8 Å². The van der Waals surface area contributed by atoms with E-state index in [9.17, 15) is 19.2 Å². The summed E-state index contributed by atoms with van der Waals surface area (Å²) in [6, 6.07) is -2.34. The SMILES string of the molecule is CSCCC(NC(=O)CN)C(=O)NC(CC(N)=O)C(=O)O. The van der Waals surface area contributed by atoms with Crippen LogP contribution in [-0.4, -0.2) is 59.4 Å². The van der Waals surface area contributed by atoms with Gasteiger partial charge in [0.15, 0.2) is 0 Å². The smallest absolute Gasteiger partial charge is 0.326 e. The highest BCUT2D eigenvalue weighted by atomic mass is 32.2. The maximum Gasteiger partial charge on any atom is 0.326 e. The molecule has 0 aliphatic carbocycles. The molecule has 0 aliphatic heterocycles. The Morgan fingerprint density at radius 3 is 2.24 bits per heavy atom. The zero-order valence-electron chi connectivity index (χ0n) is 11.6. The Morgan fingerprint density at radius 2 is 1.81 bits per heavy atom. The molecule has 0 heterocycles. The first-order valence-corrected chi connectivity index (χ1v) is 7.51. The molecule has 0 rings (SSSR count). The molecule has 0 aromatic rings. The fraction of sp³-hybridized carbons (Fsp3) is 0.636. The summed E-state index contributed by atoms with van der Waals surface area (Å²) in [5, 5.41) is 13.5. The number of carbonyl (C=O) groups is 4. The van der Waals surface area contributed by atoms with Crippen LogP contribution in [0.2, 0.25) is 0 Å². The maximum atomic E-state index is 12.0. The van der Waals surface area contributed by atoms with Gasteiger partial charge >= 0.3 is 5.97 Å². The lowest BCUT2D eigenvalue weighted by Gasteiger charge is -2.20. The van der Waals surface area contributed by atoms with E-state index >= 15 is 0 Å². The number of amides is 3. The summed E-state index contributed by atoms with van der Waals surface area (Å²) in [7, 11) is 0. The van der Waals surface area contributed by atoms with Gasteiger partial charge < -0.3 is 27.2 Å². The quantitative estimate of drug-likeness (QED) is 0.300. The first-order chi connectivity index (χ1) is 9.81. The van der Waals surface area contributed by atoms with Crippen LogP contribution in [0, 0.1) is 0 Å². The Bertz CT molecular complexity index is 404. The highest BCUT2D eigenvalue weighted by Gasteiger charge is 2.27. The van der Waals surface area contributed by atoms with E-state index < -0.39 is 42.2 Å². The van der Waals surface area contributed by atoms with Crippen molar-refractivity contribution in [3.63, 3.8) is 0 Å². The summed E-state index contributed by atoms with van der Waals surface area (Å²) in [5.74, 6) is -2.88. The van der Waals surface area contributed by atoms with Gasteiger partial charge in [-0.2, -0.15) is 11.8 Å². The molecular formula is C11H20N4O5S. The largest absolute Gasteiger partial charge is 0.480 e. The molecular weight excluding hydrogens is 300 g/mol. The van der Waals surface area contributed by atoms with Gasteiger partial charge in [-0.05, 0) is 18.4 Å². The molecule has 0 fully saturated rings. The number of rotatable bonds is 10. The van der Waals surface area contributed by atoms with Crippen LogP contribution in [0.4, 0.5) is 0 Å². The first-order valence-electron chi connectivity index (χ1n) is 6.11. The molecule has 10 heteroatoms. The molecule has 21 heavy (non-hydrogen) atoms. The van der Waals surface area contributed by atoms with Gasteiger partial charge in [0.1, 0.15) is 12.1 Å². The van der Waals surface area contributed by atoms with E-state index in [2.05, 4.69) is 10.6 Å². The van der Waals surface area contributed by atoms with Crippen LogP contribution in [0.15, 0.2) is 0 Å². The fourth-order valence-corrected chi connectivity index (χ4v) is 1.90. The zero-order chi connectivity index (χ0) is 16.4. The molecule has 2 unspecified atom stereocenters. The van der Waals surface area contributed by atoms with Crippen LogP contribution in [0.1, 0.15) is 12.8 Å². The van der Waals surface area contributed by atoms with Crippen LogP contribution in [-0.2, 0) is 19.2 Å². The van der Waals surface area contributed by atoms with Crippen molar-refractivity contribution in [2.24, 2.45) is 11.5 Å². The third-order valence-corrected chi connectivity index (χ3v) is 3.11. The molecule has 0 radical (unpaired) electrons. The standard InChI is InChI=1S/C11H20N4O5S/c1-21-3-2-6(14-9(17)5-12)10(18)15-7(11(19)20)4-8(13)16/h6-7H,2-5,12H2,1H3,(H2,13,16)(H,14,17)(H,15,18)(H,19,20). The van der Waals surface area contributed by atoms with Crippen molar-refractivity contribution >= 4 is 35.5 Å². The molecule has 0 aliphatic rings. The lowest BCUT2D eigenvalue weighted by molar-refractivity contribution is -0.143. The van der Waals surface area contributed by atoms with E-state index in [1.807, 2.05) is 6.26 Å². The second-order valence-corrected chi connectivity index (χ2v) is 5.16. The van der Waals surface area contributed by atoms with E-state index in [0.29, 0.717) is 12.2 Å². The number of hydrogen-bond donors (Lipinski definition) is 5. The first kappa shape index (κ1) is 19.2. The van der Waals surface area contributed by atoms with Gasteiger partial charge in [0, 0.05) is 0 Å². The third-order valence-electron chi connectivity index (χ3n) is 2.47. The van der Waals surface area contributed by atoms with Gasteiger partial charge in [-0.25, -0.2) is 4.79 Å². The molecule has 2 atom stereocenters. The molecule has 0 aromatic carbocycles. The number of carboxylic acids is 1. The predicted octanol–water partition coefficient (Wildman–Crippen LogP) is -2.37. The molecule has 0 aromatic heterocycles. The summed E-state index contributed by atoms with van der Waals surface area (Å²) in [6.45, 7) is -0.285. The van der Waals surface area contributed by atoms with Gasteiger partial charge in [0.05, 0.1) is 13.0 Å². The minimum Gasteiger partial charge on any atom is -0.480 e. The van der Waals surface area contributed by atoms with Gasteiger partial charge in [-0.15, -0.1) is 0 Å². The minimum atomic E-state index is -1.43. The van der Waals surface area contributed by atoms with Crippen LogP contribution in [0.3, 0.4) is 0 Å². The lowest BCUT2D eigenvalue weighted by atomic mass is 10.1. The van der Waals surface area contributed by atoms with Crippen LogP contribution < -0.4 is 22.1 Å². The Morgan fingerprint density at radius 1 is 1.19 bits per heavy atom. The zero-order valence-corrected chi connectivity index (χ0v) is 12.4. The van der Waals surface area contributed by atoms with Crippen molar-refractivity contribution < 1.29 is 24.3 Å². The number of aliphatic carboxylic acids is 1. The van der Waals surface area contributed by atoms with Crippen LogP contribution in [0.5, 0.6) is 0 Å². The van der Waals surface area contributed by atoms with E-state index in [-0.39, 0.29) is 6.54 Å². The monoisotopic (exact) mass is 320 g/mol. The van der Waals surface area contributed by atoms with Gasteiger partial charge in [-0.1, -0.05) is 0 Å². The van der Waals surface area contributed by atoms with Crippen molar-refractivity contribution in [3.8, 4) is 0 Å². The van der Waals surface area contributed by atoms with E-state index in [0.717, 1.165) is 0 Å². The minimum absolute atomic E-state index is 0.285. The molecule has 3 amide bonds. The molecule has 9 nitrogen and oxygen atoms in total. The summed E-state index contributed by atoms with van der Waals surface area (Å²) in [5.41, 5.74) is 10.1. The van der Waals surface area contributed by atoms with Crippen molar-refractivity contribution in [1.82, 2.24) is 10.6 Å². The topological polar surface area (TPSA) is 165 Å². The van der Waals surface area contributed by atoms with Gasteiger partial charge in [0.25, 0.3) is 0 Å². The van der Waals surface area contributed by atoms with Crippen molar-refractivity contribution in [1.29, 1.82) is 0 Å². The molecule has 0 bridgehead atoms. The van der Waals surface area contributed by atoms with Gasteiger partial charge in [-0.3, -0.25) is 14.4 Å². The number of primary amides is 1. The summed E-state index contributed by atoms with van der Waals surface area (Å²) in [4.78, 5) is 45.0. The van der Waals surface area contributed by atoms with E-state index in [1.165, 1.54) is 11.8 Å². The number of carboxylic acid groups (broad SMARTS) is 1. The Hall–Kier alpha value is -1.81. The summed E-state index contributed by atoms with van der Waals surface area (Å²) < 4.78 is 0. The second-order valence-electron chi connectivity index (χ2n) is 4.18. The van der Waals surface area contributed by atoms with E-state index in [1.54, 1.807) is 0 Å². The highest BCUT2D eigenvalue weighted by Crippen LogP contribution is 2.02. The average molecular weight is 320 g/mol. The summed E-state index contributed by atoms with van der Waals surface area (Å²) >= 11 is 1.46. The van der Waals surface area contributed by atoms with E-state index in [4.69, 9.17) is 16.6 Å². The number of thioether (sulfide) groups is 1. The van der Waals surface area contributed by atoms with Crippen LogP contribution in [0.25, 0.3) is 0 Å². The Labute approximate surface area is 126 Å². The number of carbonyl (C=O) groups excluding carboxylic acids is 3. The molecule has 0 saturated carbocycles. The third kappa shape index (κ3) is 8.15. The Balaban J connectivity index is 4.78. The highest BCUT2D eigenvalue weighted by molar-refractivity contribution is 7.98. The fourth-order valence-electron chi connectivity index (χ4n) is 1.43. The maximum absolute atomic E-state index is 12.0. The van der Waals surface area contributed by atoms with Gasteiger partial charge in [0.2, 0.25) is 17.7 Å². The normalized spacial score (nSPS) is 13.0. The van der Waals surface area contributed by atoms with Crippen molar-refractivity contribution in [2.45, 2.75) is 24.9 Å². The number of hydrogen-bond acceptors (Lipinski definition) is 6. The number of nitrogens with two attached hydrogens (primary N) is 2. The second kappa shape index (κ2) is 10.00. The Kier molecular flexibility index (Phi) is 9.13. The molecule has 120 valence electrons. The number of nitrogens with one attached hydrogen (secondary N) is 2.